The lowest BCUT2D eigenvalue weighted by Gasteiger charge is -2.53. The first-order valence-corrected chi connectivity index (χ1v) is 8.44. The topological polar surface area (TPSA) is 21.1 Å². The van der Waals surface area contributed by atoms with E-state index in [0.717, 1.165) is 35.8 Å². The summed E-state index contributed by atoms with van der Waals surface area (Å²) in [5, 5.41) is 2.86. The Kier molecular flexibility index (Phi) is 2.92. The molecule has 0 unspecified atom stereocenters. The highest BCUT2D eigenvalue weighted by atomic mass is 15.1. The van der Waals surface area contributed by atoms with Gasteiger partial charge in [-0.05, 0) is 43.9 Å². The van der Waals surface area contributed by atoms with E-state index in [1.165, 1.54) is 25.9 Å². The highest BCUT2D eigenvalue weighted by Crippen LogP contribution is 2.52. The second kappa shape index (κ2) is 4.49. The molecule has 4 bridgehead atoms. The average molecular weight is 250 g/mol. The van der Waals surface area contributed by atoms with Crippen molar-refractivity contribution in [3.8, 4) is 0 Å². The highest BCUT2D eigenvalue weighted by Gasteiger charge is 2.50. The fraction of sp³-hybridized carbons (Fsp3) is 1.00. The SMILES string of the molecule is C[NH+]1CCC([NH2+]C2C3CC4CC(C3)CC2C4)CC1. The fourth-order valence-corrected chi connectivity index (χ4v) is 5.92. The standard InChI is InChI=1S/C16H28N2/c1-18-4-2-15(3-5-18)17-16-13-7-11-6-12(9-13)10-14(16)8-11/h11-17H,2-10H2,1H3/p+2. The monoisotopic (exact) mass is 250 g/mol. The van der Waals surface area contributed by atoms with Crippen LogP contribution in [0.5, 0.6) is 0 Å². The molecule has 5 aliphatic rings. The van der Waals surface area contributed by atoms with Crippen molar-refractivity contribution < 1.29 is 10.2 Å². The Bertz CT molecular complexity index is 278. The van der Waals surface area contributed by atoms with E-state index in [9.17, 15) is 0 Å². The van der Waals surface area contributed by atoms with E-state index in [0.29, 0.717) is 0 Å². The predicted octanol–water partition coefficient (Wildman–Crippen LogP) is 0.0516. The van der Waals surface area contributed by atoms with Crippen molar-refractivity contribution in [3.63, 3.8) is 0 Å². The Labute approximate surface area is 111 Å². The molecule has 1 aliphatic heterocycles. The minimum absolute atomic E-state index is 0.969. The van der Waals surface area contributed by atoms with Gasteiger partial charge in [-0.1, -0.05) is 0 Å². The highest BCUT2D eigenvalue weighted by molar-refractivity contribution is 4.98. The maximum absolute atomic E-state index is 2.86. The maximum Gasteiger partial charge on any atom is 0.0969 e. The molecule has 2 heteroatoms. The van der Waals surface area contributed by atoms with E-state index >= 15 is 0 Å². The molecule has 5 rings (SSSR count). The summed E-state index contributed by atoms with van der Waals surface area (Å²) in [5.41, 5.74) is 0. The summed E-state index contributed by atoms with van der Waals surface area (Å²) in [6.07, 6.45) is 10.9. The molecule has 5 fully saturated rings. The zero-order chi connectivity index (χ0) is 12.1. The first-order valence-electron chi connectivity index (χ1n) is 8.44. The summed E-state index contributed by atoms with van der Waals surface area (Å²) in [4.78, 5) is 1.75. The summed E-state index contributed by atoms with van der Waals surface area (Å²) >= 11 is 0. The van der Waals surface area contributed by atoms with Crippen LogP contribution in [-0.2, 0) is 0 Å². The average Bonchev–Trinajstić information content (AvgIpc) is 2.35. The number of nitrogens with two attached hydrogens (primary N) is 1. The van der Waals surface area contributed by atoms with Crippen molar-refractivity contribution >= 4 is 0 Å². The molecular weight excluding hydrogens is 220 g/mol. The molecule has 0 aromatic heterocycles. The molecule has 0 spiro atoms. The molecule has 0 atom stereocenters. The first kappa shape index (κ1) is 11.7. The zero-order valence-corrected chi connectivity index (χ0v) is 11.9. The van der Waals surface area contributed by atoms with Gasteiger partial charge < -0.3 is 10.2 Å². The lowest BCUT2D eigenvalue weighted by atomic mass is 9.54. The van der Waals surface area contributed by atoms with Crippen LogP contribution in [0, 0.1) is 23.7 Å². The van der Waals surface area contributed by atoms with Crippen LogP contribution in [-0.4, -0.2) is 32.2 Å². The molecule has 18 heavy (non-hydrogen) atoms. The van der Waals surface area contributed by atoms with E-state index in [1.54, 1.807) is 37.0 Å². The number of quaternary nitrogens is 2. The fourth-order valence-electron chi connectivity index (χ4n) is 5.92. The Morgan fingerprint density at radius 3 is 1.94 bits per heavy atom. The van der Waals surface area contributed by atoms with Crippen molar-refractivity contribution in [2.24, 2.45) is 23.7 Å². The van der Waals surface area contributed by atoms with Gasteiger partial charge in [0.1, 0.15) is 0 Å². The van der Waals surface area contributed by atoms with E-state index < -0.39 is 0 Å². The summed E-state index contributed by atoms with van der Waals surface area (Å²) in [6.45, 7) is 2.82. The maximum atomic E-state index is 2.86. The van der Waals surface area contributed by atoms with Crippen molar-refractivity contribution in [2.75, 3.05) is 20.1 Å². The van der Waals surface area contributed by atoms with Crippen molar-refractivity contribution in [1.29, 1.82) is 0 Å². The third kappa shape index (κ3) is 2.02. The van der Waals surface area contributed by atoms with Crippen LogP contribution in [0.25, 0.3) is 0 Å². The van der Waals surface area contributed by atoms with E-state index in [4.69, 9.17) is 0 Å². The van der Waals surface area contributed by atoms with Crippen LogP contribution in [0.1, 0.15) is 44.9 Å². The molecule has 0 amide bonds. The Morgan fingerprint density at radius 1 is 0.833 bits per heavy atom. The van der Waals surface area contributed by atoms with Crippen LogP contribution in [0.2, 0.25) is 0 Å². The molecule has 0 aromatic rings. The Balaban J connectivity index is 1.40. The number of rotatable bonds is 2. The third-order valence-corrected chi connectivity index (χ3v) is 6.68. The minimum atomic E-state index is 0.969. The summed E-state index contributed by atoms with van der Waals surface area (Å²) in [6, 6.07) is 2.00. The normalized spacial score (nSPS) is 54.8. The molecule has 102 valence electrons. The van der Waals surface area contributed by atoms with E-state index in [-0.39, 0.29) is 0 Å². The van der Waals surface area contributed by atoms with Gasteiger partial charge in [0.25, 0.3) is 0 Å². The molecule has 1 saturated heterocycles. The molecule has 0 radical (unpaired) electrons. The van der Waals surface area contributed by atoms with Crippen LogP contribution in [0.4, 0.5) is 0 Å². The van der Waals surface area contributed by atoms with Crippen LogP contribution in [0.3, 0.4) is 0 Å². The summed E-state index contributed by atoms with van der Waals surface area (Å²) in [5.74, 6) is 4.49. The Hall–Kier alpha value is -0.0800. The van der Waals surface area contributed by atoms with Crippen molar-refractivity contribution in [1.82, 2.24) is 0 Å². The number of piperidine rings is 1. The zero-order valence-electron chi connectivity index (χ0n) is 11.9. The molecule has 3 N–H and O–H groups in total. The quantitative estimate of drug-likeness (QED) is 0.691. The van der Waals surface area contributed by atoms with Crippen molar-refractivity contribution in [3.05, 3.63) is 0 Å². The molecule has 4 aliphatic carbocycles. The van der Waals surface area contributed by atoms with E-state index in [2.05, 4.69) is 12.4 Å². The molecular formula is C16H30N2+2. The van der Waals surface area contributed by atoms with E-state index in [1.807, 2.05) is 0 Å². The summed E-state index contributed by atoms with van der Waals surface area (Å²) in [7, 11) is 2.36. The third-order valence-electron chi connectivity index (χ3n) is 6.68. The number of likely N-dealkylation sites (tertiary alicyclic amines) is 1. The second-order valence-electron chi connectivity index (χ2n) is 8.00. The number of hydrogen-bond acceptors (Lipinski definition) is 0. The van der Waals surface area contributed by atoms with Gasteiger partial charge in [0.05, 0.1) is 32.2 Å². The van der Waals surface area contributed by atoms with Crippen molar-refractivity contribution in [2.45, 2.75) is 57.0 Å². The second-order valence-corrected chi connectivity index (χ2v) is 8.00. The van der Waals surface area contributed by atoms with Gasteiger partial charge in [0, 0.05) is 24.7 Å². The molecule has 0 aromatic carbocycles. The smallest absolute Gasteiger partial charge is 0.0969 e. The van der Waals surface area contributed by atoms with Gasteiger partial charge in [-0.2, -0.15) is 0 Å². The summed E-state index contributed by atoms with van der Waals surface area (Å²) < 4.78 is 0. The molecule has 4 saturated carbocycles. The van der Waals surface area contributed by atoms with Gasteiger partial charge in [-0.3, -0.25) is 0 Å². The van der Waals surface area contributed by atoms with Crippen LogP contribution < -0.4 is 10.2 Å². The lowest BCUT2D eigenvalue weighted by Crippen LogP contribution is -3.12. The number of hydrogen-bond donors (Lipinski definition) is 2. The Morgan fingerprint density at radius 2 is 1.39 bits per heavy atom. The van der Waals surface area contributed by atoms with Crippen LogP contribution >= 0.6 is 0 Å². The lowest BCUT2D eigenvalue weighted by molar-refractivity contribution is -0.896. The van der Waals surface area contributed by atoms with Crippen LogP contribution in [0.15, 0.2) is 0 Å². The molecule has 1 heterocycles. The molecule has 2 nitrogen and oxygen atoms in total. The first-order chi connectivity index (χ1) is 8.78. The van der Waals surface area contributed by atoms with Gasteiger partial charge in [-0.15, -0.1) is 0 Å². The van der Waals surface area contributed by atoms with Gasteiger partial charge in [-0.25, -0.2) is 0 Å². The van der Waals surface area contributed by atoms with Gasteiger partial charge in [0.2, 0.25) is 0 Å². The number of nitrogens with one attached hydrogen (secondary N) is 1. The van der Waals surface area contributed by atoms with Gasteiger partial charge in [0.15, 0.2) is 0 Å². The predicted molar refractivity (Wildman–Crippen MR) is 72.4 cm³/mol. The largest absolute Gasteiger partial charge is 0.341 e. The minimum Gasteiger partial charge on any atom is -0.341 e. The van der Waals surface area contributed by atoms with Gasteiger partial charge >= 0.3 is 0 Å².